The van der Waals surface area contributed by atoms with Gasteiger partial charge in [0.2, 0.25) is 0 Å². The highest BCUT2D eigenvalue weighted by atomic mass is 32.2. The molecule has 0 aliphatic carbocycles. The second-order valence-corrected chi connectivity index (χ2v) is 4.93. The third-order valence-electron chi connectivity index (χ3n) is 2.86. The van der Waals surface area contributed by atoms with Crippen LogP contribution in [0.2, 0.25) is 0 Å². The highest BCUT2D eigenvalue weighted by Gasteiger charge is 2.52. The van der Waals surface area contributed by atoms with E-state index in [4.69, 9.17) is 0 Å². The molecule has 0 bridgehead atoms. The maximum absolute atomic E-state index is 11.2. The average Bonchev–Trinajstić information content (AvgIpc) is 2.81. The maximum Gasteiger partial charge on any atom is 0.384 e. The number of azo groups is 1. The van der Waals surface area contributed by atoms with E-state index < -0.39 is 4.99 Å². The normalized spacial score (nSPS) is 26.8. The molecule has 1 aliphatic heterocycles. The first-order chi connectivity index (χ1) is 8.69. The summed E-state index contributed by atoms with van der Waals surface area (Å²) in [6.07, 6.45) is 5.40. The van der Waals surface area contributed by atoms with Crippen LogP contribution in [0.5, 0.6) is 0 Å². The van der Waals surface area contributed by atoms with E-state index in [0.29, 0.717) is 6.54 Å². The number of hydrogen-bond donors (Lipinski definition) is 0. The summed E-state index contributed by atoms with van der Waals surface area (Å²) >= 11 is 1.12. The van der Waals surface area contributed by atoms with Crippen molar-refractivity contribution in [1.29, 1.82) is 0 Å². The van der Waals surface area contributed by atoms with Crippen LogP contribution >= 0.6 is 11.8 Å². The van der Waals surface area contributed by atoms with E-state index in [1.807, 2.05) is 42.5 Å². The van der Waals surface area contributed by atoms with Gasteiger partial charge in [-0.15, -0.1) is 5.11 Å². The zero-order valence-corrected chi connectivity index (χ0v) is 10.7. The van der Waals surface area contributed by atoms with Crippen molar-refractivity contribution in [3.63, 3.8) is 0 Å². The van der Waals surface area contributed by atoms with Gasteiger partial charge in [0.05, 0.1) is 11.5 Å². The fraction of sp³-hybridized carbons (Fsp3) is 0.333. The number of benzene rings is 1. The zero-order valence-electron chi connectivity index (χ0n) is 9.89. The molecule has 0 radical (unpaired) electrons. The van der Waals surface area contributed by atoms with Crippen LogP contribution < -0.4 is 0 Å². The van der Waals surface area contributed by atoms with Gasteiger partial charge < -0.3 is 0 Å². The molecule has 2 rings (SSSR count). The van der Waals surface area contributed by atoms with Gasteiger partial charge in [-0.3, -0.25) is 10.1 Å². The van der Waals surface area contributed by atoms with Gasteiger partial charge in [-0.1, -0.05) is 54.2 Å². The van der Waals surface area contributed by atoms with Gasteiger partial charge in [-0.05, 0) is 11.8 Å². The Labute approximate surface area is 109 Å². The molecule has 1 heterocycles. The average molecular weight is 263 g/mol. The monoisotopic (exact) mass is 263 g/mol. The molecule has 0 amide bonds. The topological polar surface area (TPSA) is 67.9 Å². The Balaban J connectivity index is 2.19. The highest BCUT2D eigenvalue weighted by molar-refractivity contribution is 7.99. The summed E-state index contributed by atoms with van der Waals surface area (Å²) in [5.74, 6) is -0.303. The fourth-order valence-corrected chi connectivity index (χ4v) is 2.58. The minimum atomic E-state index is -1.36. The standard InChI is InChI=1S/C12H13N3O2S/c1-18-12(15(16)17)11(9-13-14-12)8-7-10-5-3-2-4-6-10/h2-8,11H,9H2,1H3/b8-7+/t11-,12-/m1/s1. The first-order valence-electron chi connectivity index (χ1n) is 5.50. The minimum Gasteiger partial charge on any atom is -0.261 e. The molecular weight excluding hydrogens is 250 g/mol. The second kappa shape index (κ2) is 5.30. The molecule has 5 nitrogen and oxygen atoms in total. The molecule has 0 saturated carbocycles. The van der Waals surface area contributed by atoms with Gasteiger partial charge in [0.1, 0.15) is 5.92 Å². The number of rotatable bonds is 4. The Morgan fingerprint density at radius 1 is 1.50 bits per heavy atom. The summed E-state index contributed by atoms with van der Waals surface area (Å²) < 4.78 is 0. The van der Waals surface area contributed by atoms with Crippen LogP contribution in [-0.4, -0.2) is 22.7 Å². The number of nitro groups is 1. The summed E-state index contributed by atoms with van der Waals surface area (Å²) in [5.41, 5.74) is 1.02. The number of nitrogens with zero attached hydrogens (tertiary/aromatic N) is 3. The lowest BCUT2D eigenvalue weighted by Gasteiger charge is -2.18. The summed E-state index contributed by atoms with van der Waals surface area (Å²) in [5, 5.41) is 18.8. The highest BCUT2D eigenvalue weighted by Crippen LogP contribution is 2.39. The third kappa shape index (κ3) is 2.28. The van der Waals surface area contributed by atoms with E-state index >= 15 is 0 Å². The first kappa shape index (κ1) is 12.8. The van der Waals surface area contributed by atoms with E-state index in [0.717, 1.165) is 17.3 Å². The van der Waals surface area contributed by atoms with Gasteiger partial charge >= 0.3 is 4.99 Å². The lowest BCUT2D eigenvalue weighted by atomic mass is 10.1. The van der Waals surface area contributed by atoms with Gasteiger partial charge in [0, 0.05) is 0 Å². The molecule has 1 aromatic rings. The van der Waals surface area contributed by atoms with E-state index in [9.17, 15) is 10.1 Å². The third-order valence-corrected chi connectivity index (χ3v) is 3.99. The van der Waals surface area contributed by atoms with Crippen LogP contribution in [0.25, 0.3) is 6.08 Å². The van der Waals surface area contributed by atoms with Crippen molar-refractivity contribution in [3.8, 4) is 0 Å². The number of thioether (sulfide) groups is 1. The largest absolute Gasteiger partial charge is 0.384 e. The Hall–Kier alpha value is -1.69. The van der Waals surface area contributed by atoms with Crippen LogP contribution in [0, 0.1) is 16.0 Å². The van der Waals surface area contributed by atoms with Gasteiger partial charge in [-0.25, -0.2) is 0 Å². The molecular formula is C12H13N3O2S. The van der Waals surface area contributed by atoms with Gasteiger partial charge in [0.25, 0.3) is 0 Å². The van der Waals surface area contributed by atoms with Crippen molar-refractivity contribution >= 4 is 17.8 Å². The molecule has 0 spiro atoms. The van der Waals surface area contributed by atoms with Gasteiger partial charge in [-0.2, -0.15) is 5.11 Å². The molecule has 6 heteroatoms. The van der Waals surface area contributed by atoms with Crippen LogP contribution in [0.1, 0.15) is 5.56 Å². The van der Waals surface area contributed by atoms with Crippen molar-refractivity contribution in [2.24, 2.45) is 16.1 Å². The number of hydrogen-bond acceptors (Lipinski definition) is 5. The lowest BCUT2D eigenvalue weighted by molar-refractivity contribution is -0.541. The Morgan fingerprint density at radius 2 is 2.22 bits per heavy atom. The second-order valence-electron chi connectivity index (χ2n) is 3.92. The molecule has 0 unspecified atom stereocenters. The van der Waals surface area contributed by atoms with Crippen LogP contribution in [-0.2, 0) is 0 Å². The molecule has 1 aromatic carbocycles. The molecule has 0 aromatic heterocycles. The van der Waals surface area contributed by atoms with Crippen molar-refractivity contribution in [3.05, 3.63) is 52.1 Å². The lowest BCUT2D eigenvalue weighted by Crippen LogP contribution is -2.37. The van der Waals surface area contributed by atoms with Crippen LogP contribution in [0.4, 0.5) is 0 Å². The first-order valence-corrected chi connectivity index (χ1v) is 6.73. The molecule has 0 fully saturated rings. The molecule has 0 saturated heterocycles. The molecule has 1 aliphatic rings. The summed E-state index contributed by atoms with van der Waals surface area (Å²) in [6.45, 7) is 0.366. The molecule has 2 atom stereocenters. The Morgan fingerprint density at radius 3 is 2.83 bits per heavy atom. The van der Waals surface area contributed by atoms with Crippen molar-refractivity contribution in [1.82, 2.24) is 0 Å². The molecule has 94 valence electrons. The fourth-order valence-electron chi connectivity index (χ4n) is 1.84. The van der Waals surface area contributed by atoms with Crippen LogP contribution in [0.3, 0.4) is 0 Å². The SMILES string of the molecule is CS[C@@]1([N+](=O)[O-])N=NC[C@H]1/C=C/c1ccccc1. The van der Waals surface area contributed by atoms with E-state index in [-0.39, 0.29) is 10.8 Å². The smallest absolute Gasteiger partial charge is 0.261 e. The zero-order chi connectivity index (χ0) is 13.0. The predicted octanol–water partition coefficient (Wildman–Crippen LogP) is 3.08. The summed E-state index contributed by atoms with van der Waals surface area (Å²) in [6, 6.07) is 9.69. The summed E-state index contributed by atoms with van der Waals surface area (Å²) in [4.78, 5) is 9.46. The minimum absolute atomic E-state index is 0.303. The Kier molecular flexibility index (Phi) is 3.76. The van der Waals surface area contributed by atoms with E-state index in [1.165, 1.54) is 0 Å². The quantitative estimate of drug-likeness (QED) is 0.476. The summed E-state index contributed by atoms with van der Waals surface area (Å²) in [7, 11) is 0. The van der Waals surface area contributed by atoms with E-state index in [1.54, 1.807) is 6.26 Å². The van der Waals surface area contributed by atoms with Crippen LogP contribution in [0.15, 0.2) is 46.6 Å². The van der Waals surface area contributed by atoms with E-state index in [2.05, 4.69) is 10.2 Å². The molecule has 18 heavy (non-hydrogen) atoms. The van der Waals surface area contributed by atoms with Crippen molar-refractivity contribution in [2.45, 2.75) is 4.99 Å². The maximum atomic E-state index is 11.2. The van der Waals surface area contributed by atoms with Crippen molar-refractivity contribution < 1.29 is 4.92 Å². The Bertz CT molecular complexity index is 489. The van der Waals surface area contributed by atoms with Crippen molar-refractivity contribution in [2.75, 3.05) is 12.8 Å². The van der Waals surface area contributed by atoms with Gasteiger partial charge in [0.15, 0.2) is 0 Å². The predicted molar refractivity (Wildman–Crippen MR) is 71.9 cm³/mol. The molecule has 0 N–H and O–H groups in total.